The van der Waals surface area contributed by atoms with E-state index in [1.54, 1.807) is 13.2 Å². The third-order valence-corrected chi connectivity index (χ3v) is 5.29. The van der Waals surface area contributed by atoms with Gasteiger partial charge < -0.3 is 26.1 Å². The standard InChI is InChI=1S/C13H15N3O3.C9H13N.C7H8/c1-19-10-2-3-11-9(6-10)7-12(16-11)13(18)15-5-4-14-8-17;1-2-8-4-3-5-9(6-8)7-10;1-7-5-3-2-4-6-7/h2-3,6-8,16H,4-5H2,1H3,(H,14,17)(H,15,18);3-6H,2,7,10H2,1H3;2-6H,1H3. The first-order chi connectivity index (χ1) is 17.5. The fourth-order valence-corrected chi connectivity index (χ4v) is 3.27. The highest BCUT2D eigenvalue weighted by Crippen LogP contribution is 2.21. The SMILES string of the molecule is CCc1cccc(CN)c1.COc1ccc2[nH]c(C(=O)NCCNC=O)cc2c1.Cc1ccccc1. The number of hydrogen-bond donors (Lipinski definition) is 4. The van der Waals surface area contributed by atoms with Crippen LogP contribution in [0.4, 0.5) is 0 Å². The molecule has 5 N–H and O–H groups in total. The zero-order valence-corrected chi connectivity index (χ0v) is 21.2. The first kappa shape index (κ1) is 28.1. The van der Waals surface area contributed by atoms with Crippen molar-refractivity contribution in [2.75, 3.05) is 20.2 Å². The van der Waals surface area contributed by atoms with Gasteiger partial charge in [0, 0.05) is 30.5 Å². The summed E-state index contributed by atoms with van der Waals surface area (Å²) in [5, 5.41) is 6.09. The molecule has 4 aromatic rings. The number of aryl methyl sites for hydroxylation is 2. The fourth-order valence-electron chi connectivity index (χ4n) is 3.27. The third kappa shape index (κ3) is 9.64. The van der Waals surface area contributed by atoms with Crippen LogP contribution in [-0.4, -0.2) is 37.5 Å². The molecule has 0 bridgehead atoms. The summed E-state index contributed by atoms with van der Waals surface area (Å²) >= 11 is 0. The van der Waals surface area contributed by atoms with E-state index in [1.807, 2.05) is 36.4 Å². The third-order valence-electron chi connectivity index (χ3n) is 5.29. The molecule has 0 atom stereocenters. The molecule has 3 aromatic carbocycles. The number of carbonyl (C=O) groups excluding carboxylic acids is 2. The van der Waals surface area contributed by atoms with Crippen molar-refractivity contribution in [2.24, 2.45) is 5.73 Å². The Balaban J connectivity index is 0.000000222. The molecular formula is C29H36N4O3. The number of aromatic nitrogens is 1. The number of hydrogen-bond acceptors (Lipinski definition) is 4. The van der Waals surface area contributed by atoms with Gasteiger partial charge in [-0.05, 0) is 48.7 Å². The molecule has 0 fully saturated rings. The summed E-state index contributed by atoms with van der Waals surface area (Å²) < 4.78 is 5.13. The maximum atomic E-state index is 11.8. The first-order valence-corrected chi connectivity index (χ1v) is 11.9. The number of aromatic amines is 1. The van der Waals surface area contributed by atoms with Crippen molar-refractivity contribution in [1.29, 1.82) is 0 Å². The normalized spacial score (nSPS) is 9.78. The van der Waals surface area contributed by atoms with Gasteiger partial charge in [-0.25, -0.2) is 0 Å². The average Bonchev–Trinajstić information content (AvgIpc) is 3.36. The van der Waals surface area contributed by atoms with Crippen molar-refractivity contribution in [2.45, 2.75) is 26.8 Å². The summed E-state index contributed by atoms with van der Waals surface area (Å²) in [6, 6.07) is 26.0. The van der Waals surface area contributed by atoms with E-state index in [-0.39, 0.29) is 5.91 Å². The summed E-state index contributed by atoms with van der Waals surface area (Å²) in [7, 11) is 1.60. The predicted molar refractivity (Wildman–Crippen MR) is 146 cm³/mol. The molecule has 0 saturated carbocycles. The lowest BCUT2D eigenvalue weighted by Crippen LogP contribution is -2.31. The van der Waals surface area contributed by atoms with Crippen LogP contribution in [0, 0.1) is 6.92 Å². The second-order valence-corrected chi connectivity index (χ2v) is 8.00. The summed E-state index contributed by atoms with van der Waals surface area (Å²) in [5.74, 6) is 0.538. The van der Waals surface area contributed by atoms with Crippen LogP contribution >= 0.6 is 0 Å². The maximum Gasteiger partial charge on any atom is 0.267 e. The molecule has 1 heterocycles. The van der Waals surface area contributed by atoms with Crippen molar-refractivity contribution in [3.63, 3.8) is 0 Å². The molecule has 0 spiro atoms. The number of benzene rings is 3. The fraction of sp³-hybridized carbons (Fsp3) is 0.241. The van der Waals surface area contributed by atoms with Crippen LogP contribution in [0.5, 0.6) is 5.75 Å². The molecule has 7 heteroatoms. The number of fused-ring (bicyclic) bond motifs is 1. The highest BCUT2D eigenvalue weighted by molar-refractivity contribution is 5.98. The van der Waals surface area contributed by atoms with Crippen LogP contribution in [0.3, 0.4) is 0 Å². The van der Waals surface area contributed by atoms with Crippen molar-refractivity contribution in [3.8, 4) is 5.75 Å². The summed E-state index contributed by atoms with van der Waals surface area (Å²) in [5.41, 5.74) is 10.7. The number of carbonyl (C=O) groups is 2. The predicted octanol–water partition coefficient (Wildman–Crippen LogP) is 4.36. The van der Waals surface area contributed by atoms with Crippen molar-refractivity contribution < 1.29 is 14.3 Å². The van der Waals surface area contributed by atoms with Gasteiger partial charge in [-0.1, -0.05) is 67.1 Å². The molecule has 0 saturated heterocycles. The topological polar surface area (TPSA) is 109 Å². The molecule has 0 radical (unpaired) electrons. The zero-order valence-electron chi connectivity index (χ0n) is 21.2. The van der Waals surface area contributed by atoms with E-state index in [1.165, 1.54) is 16.7 Å². The molecule has 0 aliphatic heterocycles. The number of nitrogens with one attached hydrogen (secondary N) is 3. The molecule has 7 nitrogen and oxygen atoms in total. The van der Waals surface area contributed by atoms with Gasteiger partial charge in [0.05, 0.1) is 7.11 Å². The lowest BCUT2D eigenvalue weighted by atomic mass is 10.1. The van der Waals surface area contributed by atoms with Gasteiger partial charge in [-0.15, -0.1) is 0 Å². The second kappa shape index (κ2) is 15.7. The van der Waals surface area contributed by atoms with E-state index >= 15 is 0 Å². The number of methoxy groups -OCH3 is 1. The summed E-state index contributed by atoms with van der Waals surface area (Å²) in [6.07, 6.45) is 1.69. The molecule has 1 aromatic heterocycles. The molecule has 0 aliphatic carbocycles. The van der Waals surface area contributed by atoms with E-state index in [2.05, 4.69) is 65.9 Å². The monoisotopic (exact) mass is 488 g/mol. The Bertz CT molecular complexity index is 1190. The maximum absolute atomic E-state index is 11.8. The number of nitrogens with two attached hydrogens (primary N) is 1. The smallest absolute Gasteiger partial charge is 0.267 e. The molecule has 2 amide bonds. The van der Waals surface area contributed by atoms with Crippen molar-refractivity contribution in [3.05, 3.63) is 101 Å². The molecule has 190 valence electrons. The number of amides is 2. The Hall–Kier alpha value is -4.10. The molecule has 0 aliphatic rings. The van der Waals surface area contributed by atoms with Crippen molar-refractivity contribution >= 4 is 23.2 Å². The zero-order chi connectivity index (χ0) is 26.2. The van der Waals surface area contributed by atoms with Crippen LogP contribution in [-0.2, 0) is 17.8 Å². The van der Waals surface area contributed by atoms with Gasteiger partial charge in [0.15, 0.2) is 0 Å². The van der Waals surface area contributed by atoms with E-state index in [9.17, 15) is 9.59 Å². The lowest BCUT2D eigenvalue weighted by Gasteiger charge is -2.02. The van der Waals surface area contributed by atoms with E-state index in [0.717, 1.165) is 23.1 Å². The first-order valence-electron chi connectivity index (χ1n) is 11.9. The van der Waals surface area contributed by atoms with Gasteiger partial charge in [0.25, 0.3) is 5.91 Å². The van der Waals surface area contributed by atoms with Gasteiger partial charge in [0.2, 0.25) is 6.41 Å². The Morgan fingerprint density at radius 2 is 1.72 bits per heavy atom. The largest absolute Gasteiger partial charge is 0.497 e. The Labute approximate surface area is 213 Å². The average molecular weight is 489 g/mol. The molecule has 0 unspecified atom stereocenters. The summed E-state index contributed by atoms with van der Waals surface area (Å²) in [6.45, 7) is 5.67. The minimum Gasteiger partial charge on any atom is -0.497 e. The van der Waals surface area contributed by atoms with E-state index in [0.29, 0.717) is 31.7 Å². The van der Waals surface area contributed by atoms with Crippen LogP contribution in [0.1, 0.15) is 34.1 Å². The molecule has 36 heavy (non-hydrogen) atoms. The Kier molecular flexibility index (Phi) is 12.3. The number of ether oxygens (including phenoxy) is 1. The molecular weight excluding hydrogens is 452 g/mol. The second-order valence-electron chi connectivity index (χ2n) is 8.00. The van der Waals surface area contributed by atoms with E-state index < -0.39 is 0 Å². The highest BCUT2D eigenvalue weighted by Gasteiger charge is 2.09. The van der Waals surface area contributed by atoms with Crippen LogP contribution < -0.4 is 21.1 Å². The lowest BCUT2D eigenvalue weighted by molar-refractivity contribution is -0.109. The highest BCUT2D eigenvalue weighted by atomic mass is 16.5. The number of rotatable bonds is 8. The van der Waals surface area contributed by atoms with Gasteiger partial charge in [-0.3, -0.25) is 9.59 Å². The Morgan fingerprint density at radius 1 is 0.972 bits per heavy atom. The molecule has 4 rings (SSSR count). The number of H-pyrrole nitrogens is 1. The van der Waals surface area contributed by atoms with Gasteiger partial charge in [0.1, 0.15) is 11.4 Å². The van der Waals surface area contributed by atoms with Crippen LogP contribution in [0.15, 0.2) is 78.9 Å². The quantitative estimate of drug-likeness (QED) is 0.218. The summed E-state index contributed by atoms with van der Waals surface area (Å²) in [4.78, 5) is 24.9. The van der Waals surface area contributed by atoms with E-state index in [4.69, 9.17) is 10.5 Å². The van der Waals surface area contributed by atoms with Gasteiger partial charge in [-0.2, -0.15) is 0 Å². The van der Waals surface area contributed by atoms with Gasteiger partial charge >= 0.3 is 0 Å². The van der Waals surface area contributed by atoms with Crippen molar-refractivity contribution in [1.82, 2.24) is 15.6 Å². The minimum atomic E-state index is -0.206. The van der Waals surface area contributed by atoms with Crippen LogP contribution in [0.2, 0.25) is 0 Å². The minimum absolute atomic E-state index is 0.206. The Morgan fingerprint density at radius 3 is 2.33 bits per heavy atom. The van der Waals surface area contributed by atoms with Crippen LogP contribution in [0.25, 0.3) is 10.9 Å².